The Morgan fingerprint density at radius 3 is 2.72 bits per heavy atom. The van der Waals surface area contributed by atoms with Crippen molar-refractivity contribution in [1.82, 2.24) is 15.1 Å². The monoisotopic (exact) mass is 388 g/mol. The van der Waals surface area contributed by atoms with Gasteiger partial charge >= 0.3 is 0 Å². The molecule has 2 aromatic carbocycles. The van der Waals surface area contributed by atoms with Gasteiger partial charge < -0.3 is 10.6 Å². The minimum Gasteiger partial charge on any atom is -0.352 e. The second kappa shape index (κ2) is 8.73. The molecular weight excluding hydrogens is 364 g/mol. The van der Waals surface area contributed by atoms with Crippen LogP contribution in [0.25, 0.3) is 0 Å². The van der Waals surface area contributed by atoms with Gasteiger partial charge in [-0.2, -0.15) is 5.10 Å². The second-order valence-electron chi connectivity index (χ2n) is 7.34. The van der Waals surface area contributed by atoms with Crippen molar-refractivity contribution in [1.29, 1.82) is 0 Å². The molecule has 0 bridgehead atoms. The van der Waals surface area contributed by atoms with Gasteiger partial charge in [-0.3, -0.25) is 14.3 Å². The molecule has 0 spiro atoms. The van der Waals surface area contributed by atoms with Gasteiger partial charge in [-0.1, -0.05) is 42.5 Å². The third-order valence-corrected chi connectivity index (χ3v) is 5.32. The quantitative estimate of drug-likeness (QED) is 0.653. The van der Waals surface area contributed by atoms with E-state index in [4.69, 9.17) is 0 Å². The molecule has 2 N–H and O–H groups in total. The summed E-state index contributed by atoms with van der Waals surface area (Å²) in [6.45, 7) is 1.14. The van der Waals surface area contributed by atoms with E-state index in [1.807, 2.05) is 65.5 Å². The Morgan fingerprint density at radius 1 is 1.10 bits per heavy atom. The van der Waals surface area contributed by atoms with Crippen LogP contribution in [-0.4, -0.2) is 21.6 Å². The van der Waals surface area contributed by atoms with Gasteiger partial charge in [-0.05, 0) is 41.7 Å². The molecule has 1 aliphatic heterocycles. The van der Waals surface area contributed by atoms with Gasteiger partial charge in [0.25, 0.3) is 0 Å². The average Bonchev–Trinajstić information content (AvgIpc) is 3.24. The molecule has 2 amide bonds. The highest BCUT2D eigenvalue weighted by atomic mass is 16.2. The molecule has 148 valence electrons. The van der Waals surface area contributed by atoms with Gasteiger partial charge in [-0.15, -0.1) is 0 Å². The fraction of sp³-hybridized carbons (Fsp3) is 0.261. The van der Waals surface area contributed by atoms with E-state index >= 15 is 0 Å². The predicted octanol–water partition coefficient (Wildman–Crippen LogP) is 3.14. The Hall–Kier alpha value is -3.41. The molecule has 1 atom stereocenters. The number of amides is 2. The van der Waals surface area contributed by atoms with Crippen LogP contribution in [0.15, 0.2) is 67.0 Å². The fourth-order valence-electron chi connectivity index (χ4n) is 3.69. The molecule has 0 saturated heterocycles. The Balaban J connectivity index is 1.29. The van der Waals surface area contributed by atoms with Gasteiger partial charge in [0.05, 0.1) is 6.54 Å². The van der Waals surface area contributed by atoms with Crippen LogP contribution in [0.1, 0.15) is 29.5 Å². The van der Waals surface area contributed by atoms with Crippen molar-refractivity contribution < 1.29 is 9.59 Å². The van der Waals surface area contributed by atoms with Crippen molar-refractivity contribution in [2.75, 3.05) is 5.32 Å². The van der Waals surface area contributed by atoms with E-state index in [1.54, 1.807) is 6.20 Å². The van der Waals surface area contributed by atoms with E-state index in [0.29, 0.717) is 32.4 Å². The van der Waals surface area contributed by atoms with Crippen LogP contribution in [-0.2, 0) is 29.1 Å². The number of nitrogens with one attached hydrogen (secondary N) is 2. The Kier molecular flexibility index (Phi) is 5.70. The third-order valence-electron chi connectivity index (χ3n) is 5.32. The van der Waals surface area contributed by atoms with E-state index in [-0.39, 0.29) is 17.7 Å². The lowest BCUT2D eigenvalue weighted by atomic mass is 9.89. The van der Waals surface area contributed by atoms with Crippen molar-refractivity contribution in [2.24, 2.45) is 5.92 Å². The summed E-state index contributed by atoms with van der Waals surface area (Å²) < 4.78 is 1.86. The van der Waals surface area contributed by atoms with E-state index in [0.717, 1.165) is 22.4 Å². The zero-order valence-corrected chi connectivity index (χ0v) is 16.2. The maximum absolute atomic E-state index is 12.4. The molecule has 1 aromatic heterocycles. The number of benzene rings is 2. The zero-order chi connectivity index (χ0) is 20.1. The molecule has 6 heteroatoms. The first-order chi connectivity index (χ1) is 14.2. The van der Waals surface area contributed by atoms with Gasteiger partial charge in [-0.25, -0.2) is 0 Å². The summed E-state index contributed by atoms with van der Waals surface area (Å²) in [5.74, 6) is -0.200. The number of carbonyl (C=O) groups excluding carboxylic acids is 2. The number of aromatic nitrogens is 2. The van der Waals surface area contributed by atoms with Crippen molar-refractivity contribution in [3.05, 3.63) is 83.7 Å². The highest BCUT2D eigenvalue weighted by Gasteiger charge is 2.26. The average molecular weight is 388 g/mol. The molecule has 29 heavy (non-hydrogen) atoms. The molecular formula is C23H24N4O2. The van der Waals surface area contributed by atoms with Crippen molar-refractivity contribution >= 4 is 17.5 Å². The maximum atomic E-state index is 12.4. The molecule has 6 nitrogen and oxygen atoms in total. The van der Waals surface area contributed by atoms with Crippen LogP contribution in [0.3, 0.4) is 0 Å². The number of fused-ring (bicyclic) bond motifs is 1. The standard InChI is InChI=1S/C23H24N4O2/c28-22(11-10-18-14-17-6-3-4-9-21(17)26-23(18)29)24-15-19-7-1-2-8-20(19)16-27-13-5-12-25-27/h1-9,12-13,18H,10-11,14-16H2,(H,24,28)(H,26,29). The summed E-state index contributed by atoms with van der Waals surface area (Å²) in [5.41, 5.74) is 4.21. The van der Waals surface area contributed by atoms with E-state index in [9.17, 15) is 9.59 Å². The van der Waals surface area contributed by atoms with Gasteiger partial charge in [0.1, 0.15) is 0 Å². The van der Waals surface area contributed by atoms with Gasteiger partial charge in [0, 0.05) is 37.0 Å². The Morgan fingerprint density at radius 2 is 1.90 bits per heavy atom. The molecule has 1 unspecified atom stereocenters. The minimum absolute atomic E-state index is 0.000989. The zero-order valence-electron chi connectivity index (χ0n) is 16.2. The number of hydrogen-bond acceptors (Lipinski definition) is 3. The number of nitrogens with zero attached hydrogens (tertiary/aromatic N) is 2. The first kappa shape index (κ1) is 18.9. The normalized spacial score (nSPS) is 15.4. The first-order valence-electron chi connectivity index (χ1n) is 9.89. The highest BCUT2D eigenvalue weighted by molar-refractivity contribution is 5.96. The topological polar surface area (TPSA) is 76.0 Å². The molecule has 1 aliphatic rings. The number of rotatable bonds is 7. The SMILES string of the molecule is O=C(CCC1Cc2ccccc2NC1=O)NCc1ccccc1Cn1cccn1. The fourth-order valence-corrected chi connectivity index (χ4v) is 3.69. The molecule has 2 heterocycles. The number of hydrogen-bond donors (Lipinski definition) is 2. The van der Waals surface area contributed by atoms with Crippen LogP contribution < -0.4 is 10.6 Å². The van der Waals surface area contributed by atoms with Crippen LogP contribution in [0.5, 0.6) is 0 Å². The molecule has 0 aliphatic carbocycles. The molecule has 4 rings (SSSR count). The van der Waals surface area contributed by atoms with E-state index in [1.165, 1.54) is 0 Å². The summed E-state index contributed by atoms with van der Waals surface area (Å²) in [4.78, 5) is 24.7. The summed E-state index contributed by atoms with van der Waals surface area (Å²) in [6.07, 6.45) is 5.23. The van der Waals surface area contributed by atoms with Crippen LogP contribution in [0, 0.1) is 5.92 Å². The van der Waals surface area contributed by atoms with Crippen LogP contribution >= 0.6 is 0 Å². The summed E-state index contributed by atoms with van der Waals surface area (Å²) >= 11 is 0. The van der Waals surface area contributed by atoms with Crippen molar-refractivity contribution in [3.8, 4) is 0 Å². The second-order valence-corrected chi connectivity index (χ2v) is 7.34. The van der Waals surface area contributed by atoms with E-state index in [2.05, 4.69) is 15.7 Å². The minimum atomic E-state index is -0.164. The lowest BCUT2D eigenvalue weighted by Crippen LogP contribution is -2.31. The number of anilines is 1. The van der Waals surface area contributed by atoms with E-state index < -0.39 is 0 Å². The number of para-hydroxylation sites is 1. The molecule has 0 saturated carbocycles. The predicted molar refractivity (Wildman–Crippen MR) is 111 cm³/mol. The lowest BCUT2D eigenvalue weighted by Gasteiger charge is -2.24. The summed E-state index contributed by atoms with van der Waals surface area (Å²) in [6, 6.07) is 17.7. The maximum Gasteiger partial charge on any atom is 0.227 e. The van der Waals surface area contributed by atoms with Crippen LogP contribution in [0.4, 0.5) is 5.69 Å². The molecule has 3 aromatic rings. The Bertz CT molecular complexity index is 998. The van der Waals surface area contributed by atoms with Gasteiger partial charge in [0.15, 0.2) is 0 Å². The molecule has 0 radical (unpaired) electrons. The van der Waals surface area contributed by atoms with Crippen LogP contribution in [0.2, 0.25) is 0 Å². The Labute approximate surface area is 169 Å². The van der Waals surface area contributed by atoms with Gasteiger partial charge in [0.2, 0.25) is 11.8 Å². The lowest BCUT2D eigenvalue weighted by molar-refractivity contribution is -0.122. The summed E-state index contributed by atoms with van der Waals surface area (Å²) in [7, 11) is 0. The van der Waals surface area contributed by atoms with Crippen molar-refractivity contribution in [2.45, 2.75) is 32.4 Å². The smallest absolute Gasteiger partial charge is 0.227 e. The highest BCUT2D eigenvalue weighted by Crippen LogP contribution is 2.27. The number of carbonyl (C=O) groups is 2. The first-order valence-corrected chi connectivity index (χ1v) is 9.89. The summed E-state index contributed by atoms with van der Waals surface area (Å²) in [5, 5.41) is 10.2. The van der Waals surface area contributed by atoms with Crippen molar-refractivity contribution in [3.63, 3.8) is 0 Å². The molecule has 0 fully saturated rings. The third kappa shape index (κ3) is 4.71. The largest absolute Gasteiger partial charge is 0.352 e.